The molecule has 0 atom stereocenters. The number of rotatable bonds is 1. The van der Waals surface area contributed by atoms with Crippen molar-refractivity contribution in [2.24, 2.45) is 5.92 Å². The molecule has 0 unspecified atom stereocenters. The quantitative estimate of drug-likeness (QED) is 0.791. The Hall–Kier alpha value is -1.84. The Morgan fingerprint density at radius 2 is 1.86 bits per heavy atom. The van der Waals surface area contributed by atoms with E-state index in [4.69, 9.17) is 0 Å². The summed E-state index contributed by atoms with van der Waals surface area (Å²) in [6.45, 7) is 4.74. The number of benzene rings is 1. The van der Waals surface area contributed by atoms with E-state index in [-0.39, 0.29) is 11.8 Å². The molecular weight excluding hydrogens is 264 g/mol. The molecule has 21 heavy (non-hydrogen) atoms. The van der Waals surface area contributed by atoms with Crippen molar-refractivity contribution in [1.29, 1.82) is 0 Å². The Labute approximate surface area is 124 Å². The summed E-state index contributed by atoms with van der Waals surface area (Å²) >= 11 is 0. The highest BCUT2D eigenvalue weighted by molar-refractivity contribution is 6.05. The van der Waals surface area contributed by atoms with E-state index in [1.165, 1.54) is 5.56 Å². The fourth-order valence-corrected chi connectivity index (χ4v) is 3.80. The number of hydrogen-bond acceptors (Lipinski definition) is 2. The topological polar surface area (TPSA) is 40.6 Å². The minimum atomic E-state index is 0.138. The van der Waals surface area contributed by atoms with Crippen LogP contribution in [0.2, 0.25) is 0 Å². The number of likely N-dealkylation sites (tertiary alicyclic amines) is 1. The maximum Gasteiger partial charge on any atom is 0.253 e. The number of carbonyl (C=O) groups excluding carboxylic acids is 2. The summed E-state index contributed by atoms with van der Waals surface area (Å²) in [5, 5.41) is 0. The zero-order chi connectivity index (χ0) is 14.6. The second kappa shape index (κ2) is 4.58. The van der Waals surface area contributed by atoms with E-state index in [0.29, 0.717) is 6.42 Å². The molecule has 1 aromatic carbocycles. The van der Waals surface area contributed by atoms with Gasteiger partial charge in [0.2, 0.25) is 5.91 Å². The third-order valence-corrected chi connectivity index (χ3v) is 5.10. The molecule has 3 aliphatic rings. The zero-order valence-corrected chi connectivity index (χ0v) is 12.4. The number of piperidine rings is 1. The number of anilines is 1. The number of amides is 2. The van der Waals surface area contributed by atoms with Gasteiger partial charge in [-0.25, -0.2) is 0 Å². The van der Waals surface area contributed by atoms with Gasteiger partial charge in [0.15, 0.2) is 0 Å². The normalized spacial score (nSPS) is 21.1. The third-order valence-electron chi connectivity index (χ3n) is 5.10. The van der Waals surface area contributed by atoms with Crippen molar-refractivity contribution < 1.29 is 9.59 Å². The van der Waals surface area contributed by atoms with E-state index in [9.17, 15) is 9.59 Å². The molecule has 3 heterocycles. The fourth-order valence-electron chi connectivity index (χ4n) is 3.80. The van der Waals surface area contributed by atoms with E-state index in [0.717, 1.165) is 61.6 Å². The van der Waals surface area contributed by atoms with Crippen LogP contribution in [0.1, 0.15) is 41.3 Å². The minimum absolute atomic E-state index is 0.138. The highest BCUT2D eigenvalue weighted by atomic mass is 16.2. The van der Waals surface area contributed by atoms with Crippen LogP contribution in [0.15, 0.2) is 12.1 Å². The van der Waals surface area contributed by atoms with Crippen LogP contribution in [-0.4, -0.2) is 36.3 Å². The highest BCUT2D eigenvalue weighted by Gasteiger charge is 2.35. The van der Waals surface area contributed by atoms with Gasteiger partial charge in [-0.1, -0.05) is 6.92 Å². The molecule has 2 amide bonds. The minimum Gasteiger partial charge on any atom is -0.339 e. The SMILES string of the molecule is CC1CCN(C(=O)c2cc3c4c(c2)CC(=O)N4CC3)CC1. The van der Waals surface area contributed by atoms with E-state index in [2.05, 4.69) is 6.92 Å². The lowest BCUT2D eigenvalue weighted by Crippen LogP contribution is -2.37. The van der Waals surface area contributed by atoms with Crippen LogP contribution >= 0.6 is 0 Å². The molecule has 0 saturated carbocycles. The molecular formula is C17H20N2O2. The largest absolute Gasteiger partial charge is 0.339 e. The van der Waals surface area contributed by atoms with Gasteiger partial charge >= 0.3 is 0 Å². The first-order chi connectivity index (χ1) is 10.1. The molecule has 0 aliphatic carbocycles. The van der Waals surface area contributed by atoms with Crippen molar-refractivity contribution >= 4 is 17.5 Å². The molecule has 0 radical (unpaired) electrons. The van der Waals surface area contributed by atoms with Crippen molar-refractivity contribution in [3.8, 4) is 0 Å². The van der Waals surface area contributed by atoms with Gasteiger partial charge < -0.3 is 9.80 Å². The first kappa shape index (κ1) is 12.9. The molecule has 4 heteroatoms. The van der Waals surface area contributed by atoms with Crippen molar-refractivity contribution in [3.05, 3.63) is 28.8 Å². The monoisotopic (exact) mass is 284 g/mol. The Morgan fingerprint density at radius 1 is 1.14 bits per heavy atom. The Kier molecular flexibility index (Phi) is 2.81. The van der Waals surface area contributed by atoms with Gasteiger partial charge in [-0.05, 0) is 48.4 Å². The lowest BCUT2D eigenvalue weighted by atomic mass is 9.97. The molecule has 4 nitrogen and oxygen atoms in total. The van der Waals surface area contributed by atoms with Crippen LogP contribution in [0, 0.1) is 5.92 Å². The second-order valence-corrected chi connectivity index (χ2v) is 6.59. The molecule has 0 N–H and O–H groups in total. The predicted octanol–water partition coefficient (Wildman–Crippen LogP) is 2.00. The van der Waals surface area contributed by atoms with Gasteiger partial charge in [-0.2, -0.15) is 0 Å². The Balaban J connectivity index is 1.64. The van der Waals surface area contributed by atoms with Crippen LogP contribution in [0.3, 0.4) is 0 Å². The first-order valence-electron chi connectivity index (χ1n) is 7.89. The van der Waals surface area contributed by atoms with Crippen molar-refractivity contribution in [2.45, 2.75) is 32.6 Å². The van der Waals surface area contributed by atoms with Crippen LogP contribution < -0.4 is 4.90 Å². The Morgan fingerprint density at radius 3 is 2.62 bits per heavy atom. The maximum atomic E-state index is 12.7. The lowest BCUT2D eigenvalue weighted by molar-refractivity contribution is -0.117. The van der Waals surface area contributed by atoms with Crippen LogP contribution in [0.5, 0.6) is 0 Å². The molecule has 1 aromatic rings. The summed E-state index contributed by atoms with van der Waals surface area (Å²) < 4.78 is 0. The summed E-state index contributed by atoms with van der Waals surface area (Å²) in [6, 6.07) is 3.96. The van der Waals surface area contributed by atoms with E-state index in [1.54, 1.807) is 0 Å². The maximum absolute atomic E-state index is 12.7. The van der Waals surface area contributed by atoms with Crippen LogP contribution in [-0.2, 0) is 17.6 Å². The third kappa shape index (κ3) is 1.96. The fraction of sp³-hybridized carbons (Fsp3) is 0.529. The second-order valence-electron chi connectivity index (χ2n) is 6.59. The van der Waals surface area contributed by atoms with Gasteiger partial charge in [0.1, 0.15) is 0 Å². The summed E-state index contributed by atoms with van der Waals surface area (Å²) in [5.41, 5.74) is 4.08. The summed E-state index contributed by atoms with van der Waals surface area (Å²) in [7, 11) is 0. The van der Waals surface area contributed by atoms with Crippen LogP contribution in [0.25, 0.3) is 0 Å². The van der Waals surface area contributed by atoms with E-state index in [1.807, 2.05) is 21.9 Å². The smallest absolute Gasteiger partial charge is 0.253 e. The number of hydrogen-bond donors (Lipinski definition) is 0. The van der Waals surface area contributed by atoms with Crippen molar-refractivity contribution in [3.63, 3.8) is 0 Å². The first-order valence-corrected chi connectivity index (χ1v) is 7.89. The van der Waals surface area contributed by atoms with Crippen molar-refractivity contribution in [2.75, 3.05) is 24.5 Å². The standard InChI is InChI=1S/C17H20N2O2/c1-11-2-5-18(6-3-11)17(21)14-8-12-4-7-19-15(20)10-13(9-14)16(12)19/h8-9,11H,2-7,10H2,1H3. The summed E-state index contributed by atoms with van der Waals surface area (Å²) in [4.78, 5) is 28.5. The number of carbonyl (C=O) groups is 2. The van der Waals surface area contributed by atoms with Crippen LogP contribution in [0.4, 0.5) is 5.69 Å². The van der Waals surface area contributed by atoms with Crippen molar-refractivity contribution in [1.82, 2.24) is 4.90 Å². The van der Waals surface area contributed by atoms with Gasteiger partial charge in [-0.15, -0.1) is 0 Å². The van der Waals surface area contributed by atoms with Gasteiger partial charge in [0, 0.05) is 25.2 Å². The lowest BCUT2D eigenvalue weighted by Gasteiger charge is -2.30. The van der Waals surface area contributed by atoms with Gasteiger partial charge in [0.25, 0.3) is 5.91 Å². The predicted molar refractivity (Wildman–Crippen MR) is 80.5 cm³/mol. The van der Waals surface area contributed by atoms with E-state index < -0.39 is 0 Å². The molecule has 110 valence electrons. The van der Waals surface area contributed by atoms with E-state index >= 15 is 0 Å². The molecule has 0 spiro atoms. The Bertz CT molecular complexity index is 630. The molecule has 4 rings (SSSR count). The summed E-state index contributed by atoms with van der Waals surface area (Å²) in [6.07, 6.45) is 3.53. The zero-order valence-electron chi connectivity index (χ0n) is 12.4. The molecule has 0 bridgehead atoms. The average molecular weight is 284 g/mol. The van der Waals surface area contributed by atoms with Gasteiger partial charge in [-0.3, -0.25) is 9.59 Å². The number of nitrogens with zero attached hydrogens (tertiary/aromatic N) is 2. The molecule has 1 fully saturated rings. The molecule has 0 aromatic heterocycles. The van der Waals surface area contributed by atoms with Gasteiger partial charge in [0.05, 0.1) is 12.1 Å². The molecule has 3 aliphatic heterocycles. The molecule has 1 saturated heterocycles. The average Bonchev–Trinajstić information content (AvgIpc) is 3.04. The summed E-state index contributed by atoms with van der Waals surface area (Å²) in [5.74, 6) is 1.04. The highest BCUT2D eigenvalue weighted by Crippen LogP contribution is 2.38.